The lowest BCUT2D eigenvalue weighted by atomic mass is 10.2. The first kappa shape index (κ1) is 13.8. The third-order valence-electron chi connectivity index (χ3n) is 4.07. The van der Waals surface area contributed by atoms with E-state index in [4.69, 9.17) is 10.2 Å². The fourth-order valence-corrected chi connectivity index (χ4v) is 2.89. The van der Waals surface area contributed by atoms with Gasteiger partial charge in [-0.3, -0.25) is 4.79 Å². The van der Waals surface area contributed by atoms with E-state index in [1.165, 1.54) is 4.52 Å². The number of carbonyl (C=O) groups is 1. The second-order valence-corrected chi connectivity index (χ2v) is 5.78. The molecule has 0 bridgehead atoms. The zero-order chi connectivity index (χ0) is 16.0. The predicted molar refractivity (Wildman–Crippen MR) is 85.0 cm³/mol. The summed E-state index contributed by atoms with van der Waals surface area (Å²) in [4.78, 5) is 18.8. The molecule has 7 nitrogen and oxygen atoms in total. The number of carbonyl (C=O) groups excluding carboxylic acids is 1. The molecule has 2 N–H and O–H groups in total. The molecule has 118 valence electrons. The Kier molecular flexibility index (Phi) is 3.07. The molecule has 0 aromatic carbocycles. The van der Waals surface area contributed by atoms with Gasteiger partial charge in [0.25, 0.3) is 5.91 Å². The molecule has 23 heavy (non-hydrogen) atoms. The maximum absolute atomic E-state index is 12.5. The summed E-state index contributed by atoms with van der Waals surface area (Å²) < 4.78 is 7.07. The average Bonchev–Trinajstić information content (AvgIpc) is 3.25. The molecule has 7 heteroatoms. The normalized spacial score (nSPS) is 14.7. The number of aromatic nitrogens is 3. The van der Waals surface area contributed by atoms with Crippen LogP contribution in [0.3, 0.4) is 0 Å². The number of hydrogen-bond acceptors (Lipinski definition) is 5. The van der Waals surface area contributed by atoms with E-state index in [1.54, 1.807) is 12.1 Å². The van der Waals surface area contributed by atoms with Gasteiger partial charge in [0, 0.05) is 18.7 Å². The van der Waals surface area contributed by atoms with E-state index < -0.39 is 0 Å². The van der Waals surface area contributed by atoms with Crippen molar-refractivity contribution in [1.82, 2.24) is 19.5 Å². The lowest BCUT2D eigenvalue weighted by Gasteiger charge is -2.15. The summed E-state index contributed by atoms with van der Waals surface area (Å²) in [7, 11) is 0. The van der Waals surface area contributed by atoms with E-state index in [1.807, 2.05) is 24.0 Å². The molecule has 0 spiro atoms. The topological polar surface area (TPSA) is 89.7 Å². The third-order valence-corrected chi connectivity index (χ3v) is 4.07. The van der Waals surface area contributed by atoms with E-state index in [-0.39, 0.29) is 5.91 Å². The predicted octanol–water partition coefficient (Wildman–Crippen LogP) is 2.12. The molecule has 0 unspecified atom stereocenters. The zero-order valence-electron chi connectivity index (χ0n) is 12.8. The minimum absolute atomic E-state index is 0.00454. The van der Waals surface area contributed by atoms with E-state index in [2.05, 4.69) is 10.1 Å². The van der Waals surface area contributed by atoms with Crippen molar-refractivity contribution in [3.8, 4) is 11.6 Å². The Morgan fingerprint density at radius 1 is 1.26 bits per heavy atom. The molecule has 1 saturated heterocycles. The first-order chi connectivity index (χ1) is 11.1. The van der Waals surface area contributed by atoms with Gasteiger partial charge < -0.3 is 15.1 Å². The lowest BCUT2D eigenvalue weighted by Crippen LogP contribution is -2.27. The summed E-state index contributed by atoms with van der Waals surface area (Å²) in [5.74, 6) is 2.20. The van der Waals surface area contributed by atoms with Gasteiger partial charge >= 0.3 is 0 Å². The number of furan rings is 1. The molecule has 1 fully saturated rings. The summed E-state index contributed by atoms with van der Waals surface area (Å²) in [5.41, 5.74) is 7.14. The second-order valence-electron chi connectivity index (χ2n) is 5.78. The van der Waals surface area contributed by atoms with Crippen LogP contribution in [0.5, 0.6) is 0 Å². The van der Waals surface area contributed by atoms with Crippen molar-refractivity contribution in [2.75, 3.05) is 18.8 Å². The fraction of sp³-hybridized carbons (Fsp3) is 0.312. The molecule has 1 aliphatic rings. The fourth-order valence-electron chi connectivity index (χ4n) is 2.89. The van der Waals surface area contributed by atoms with Gasteiger partial charge in [0.15, 0.2) is 11.4 Å². The van der Waals surface area contributed by atoms with Crippen LogP contribution in [0.25, 0.3) is 17.2 Å². The van der Waals surface area contributed by atoms with E-state index in [9.17, 15) is 4.79 Å². The maximum Gasteiger partial charge on any atom is 0.254 e. The molecule has 4 heterocycles. The highest BCUT2D eigenvalue weighted by atomic mass is 16.3. The first-order valence-corrected chi connectivity index (χ1v) is 7.64. The van der Waals surface area contributed by atoms with Crippen molar-refractivity contribution in [1.29, 1.82) is 0 Å². The Bertz CT molecular complexity index is 889. The van der Waals surface area contributed by atoms with Gasteiger partial charge in [0.2, 0.25) is 5.82 Å². The van der Waals surface area contributed by atoms with Crippen molar-refractivity contribution in [3.05, 3.63) is 35.6 Å². The Hall–Kier alpha value is -2.83. The average molecular weight is 311 g/mol. The number of nitrogen functional groups attached to an aromatic ring is 1. The highest BCUT2D eigenvalue weighted by molar-refractivity contribution is 5.96. The van der Waals surface area contributed by atoms with Crippen molar-refractivity contribution in [3.63, 3.8) is 0 Å². The standard InChI is InChI=1S/C16H17N5O2/c1-10-4-5-12(23-10)15-18-14-9-11(8-13(17)21(14)19-15)16(22)20-6-2-3-7-20/h4-5,8-9H,2-3,6-7,17H2,1H3. The van der Waals surface area contributed by atoms with Gasteiger partial charge in [-0.1, -0.05) is 0 Å². The van der Waals surface area contributed by atoms with Crippen molar-refractivity contribution in [2.45, 2.75) is 19.8 Å². The molecular formula is C16H17N5O2. The SMILES string of the molecule is Cc1ccc(-c2nc3cc(C(=O)N4CCCC4)cc(N)n3n2)o1. The van der Waals surface area contributed by atoms with Crippen LogP contribution in [0, 0.1) is 6.92 Å². The monoisotopic (exact) mass is 311 g/mol. The molecule has 0 aliphatic carbocycles. The molecule has 3 aromatic rings. The van der Waals surface area contributed by atoms with Gasteiger partial charge in [-0.25, -0.2) is 4.98 Å². The number of hydrogen-bond donors (Lipinski definition) is 1. The minimum Gasteiger partial charge on any atom is -0.458 e. The van der Waals surface area contributed by atoms with Gasteiger partial charge in [0.1, 0.15) is 11.6 Å². The number of nitrogens with zero attached hydrogens (tertiary/aromatic N) is 4. The highest BCUT2D eigenvalue weighted by Gasteiger charge is 2.21. The molecule has 1 amide bonds. The number of nitrogens with two attached hydrogens (primary N) is 1. The lowest BCUT2D eigenvalue weighted by molar-refractivity contribution is 0.0793. The number of pyridine rings is 1. The van der Waals surface area contributed by atoms with Gasteiger partial charge in [-0.05, 0) is 44.0 Å². The van der Waals surface area contributed by atoms with Crippen LogP contribution in [0.2, 0.25) is 0 Å². The number of amides is 1. The number of fused-ring (bicyclic) bond motifs is 1. The third kappa shape index (κ3) is 2.34. The van der Waals surface area contributed by atoms with Gasteiger partial charge in [-0.15, -0.1) is 5.10 Å². The number of likely N-dealkylation sites (tertiary alicyclic amines) is 1. The Balaban J connectivity index is 1.76. The van der Waals surface area contributed by atoms with E-state index in [0.29, 0.717) is 28.6 Å². The largest absolute Gasteiger partial charge is 0.458 e. The minimum atomic E-state index is -0.00454. The first-order valence-electron chi connectivity index (χ1n) is 7.64. The molecule has 0 atom stereocenters. The maximum atomic E-state index is 12.5. The van der Waals surface area contributed by atoms with Crippen LogP contribution in [-0.2, 0) is 0 Å². The Morgan fingerprint density at radius 2 is 2.04 bits per heavy atom. The second kappa shape index (κ2) is 5.12. The van der Waals surface area contributed by atoms with Crippen molar-refractivity contribution >= 4 is 17.4 Å². The zero-order valence-corrected chi connectivity index (χ0v) is 12.8. The molecule has 1 aliphatic heterocycles. The summed E-state index contributed by atoms with van der Waals surface area (Å²) in [6, 6.07) is 7.05. The van der Waals surface area contributed by atoms with Crippen LogP contribution in [-0.4, -0.2) is 38.5 Å². The van der Waals surface area contributed by atoms with Crippen molar-refractivity contribution in [2.24, 2.45) is 0 Å². The van der Waals surface area contributed by atoms with Crippen LogP contribution in [0.4, 0.5) is 5.82 Å². The smallest absolute Gasteiger partial charge is 0.254 e. The van der Waals surface area contributed by atoms with Gasteiger partial charge in [-0.2, -0.15) is 4.52 Å². The van der Waals surface area contributed by atoms with Crippen LogP contribution in [0.1, 0.15) is 29.0 Å². The summed E-state index contributed by atoms with van der Waals surface area (Å²) in [6.45, 7) is 3.46. The van der Waals surface area contributed by atoms with Crippen LogP contribution in [0.15, 0.2) is 28.7 Å². The molecule has 0 radical (unpaired) electrons. The van der Waals surface area contributed by atoms with Gasteiger partial charge in [0.05, 0.1) is 0 Å². The quantitative estimate of drug-likeness (QED) is 0.783. The number of rotatable bonds is 2. The van der Waals surface area contributed by atoms with Crippen LogP contribution >= 0.6 is 0 Å². The van der Waals surface area contributed by atoms with Crippen molar-refractivity contribution < 1.29 is 9.21 Å². The molecular weight excluding hydrogens is 294 g/mol. The molecule has 3 aromatic heterocycles. The summed E-state index contributed by atoms with van der Waals surface area (Å²) >= 11 is 0. The number of anilines is 1. The molecule has 4 rings (SSSR count). The van der Waals surface area contributed by atoms with Crippen LogP contribution < -0.4 is 5.73 Å². The summed E-state index contributed by atoms with van der Waals surface area (Å²) in [5, 5.41) is 4.36. The Morgan fingerprint density at radius 3 is 2.74 bits per heavy atom. The summed E-state index contributed by atoms with van der Waals surface area (Å²) in [6.07, 6.45) is 2.10. The Labute approximate surface area is 132 Å². The number of aryl methyl sites for hydroxylation is 1. The highest BCUT2D eigenvalue weighted by Crippen LogP contribution is 2.22. The van der Waals surface area contributed by atoms with E-state index in [0.717, 1.165) is 31.7 Å². The molecule has 0 saturated carbocycles. The van der Waals surface area contributed by atoms with E-state index >= 15 is 0 Å².